The van der Waals surface area contributed by atoms with E-state index in [0.29, 0.717) is 0 Å². The molecule has 0 aliphatic carbocycles. The van der Waals surface area contributed by atoms with E-state index in [0.717, 1.165) is 22.5 Å². The Morgan fingerprint density at radius 1 is 0.536 bits per heavy atom. The molecule has 0 radical (unpaired) electrons. The first-order valence-corrected chi connectivity index (χ1v) is 9.33. The summed E-state index contributed by atoms with van der Waals surface area (Å²) in [5.41, 5.74) is 6.10. The second kappa shape index (κ2) is 11.5. The number of thiocarbonyl (C=S) groups is 2. The number of hydrogen-bond donors (Lipinski definition) is 0. The molecule has 0 heterocycles. The smallest absolute Gasteiger partial charge is 0.0740 e. The van der Waals surface area contributed by atoms with Gasteiger partial charge in [-0.1, -0.05) is 47.2 Å². The number of aliphatic imine (C=N–C) groups is 2. The summed E-state index contributed by atoms with van der Waals surface area (Å²) in [6.45, 7) is 4.09. The van der Waals surface area contributed by atoms with Crippen LogP contribution in [0.25, 0.3) is 0 Å². The van der Waals surface area contributed by atoms with Crippen LogP contribution in [-0.4, -0.2) is 10.3 Å². The highest BCUT2D eigenvalue weighted by molar-refractivity contribution is 7.78. The molecule has 0 bridgehead atoms. The van der Waals surface area contributed by atoms with Crippen molar-refractivity contribution in [1.82, 2.24) is 0 Å². The highest BCUT2D eigenvalue weighted by Gasteiger charge is 1.90. The summed E-state index contributed by atoms with van der Waals surface area (Å²) < 4.78 is 0. The van der Waals surface area contributed by atoms with E-state index in [1.807, 2.05) is 67.6 Å². The van der Waals surface area contributed by atoms with Crippen molar-refractivity contribution in [2.24, 2.45) is 9.98 Å². The molecule has 3 rings (SSSR count). The van der Waals surface area contributed by atoms with E-state index >= 15 is 0 Å². The molecule has 0 N–H and O–H groups in total. The second-order valence-corrected chi connectivity index (χ2v) is 6.27. The van der Waals surface area contributed by atoms with Crippen LogP contribution in [0.2, 0.25) is 0 Å². The molecular formula is C24H18N2S2. The third kappa shape index (κ3) is 7.60. The molecule has 0 aliphatic heterocycles. The Bertz CT molecular complexity index is 1060. The zero-order valence-electron chi connectivity index (χ0n) is 15.6. The van der Waals surface area contributed by atoms with E-state index in [1.54, 1.807) is 0 Å². The number of isothiocyanates is 2. The lowest BCUT2D eigenvalue weighted by Gasteiger charge is -1.93. The molecule has 3 aromatic carbocycles. The normalized spacial score (nSPS) is 8.79. The average molecular weight is 399 g/mol. The Morgan fingerprint density at radius 2 is 0.857 bits per heavy atom. The molecule has 0 aliphatic rings. The standard InChI is InChI=1S/C16H11NS.C8H7NS/c1-13-2-4-14(5-3-13)6-7-15-8-10-16(11-9-15)17-12-18;1-7-2-4-8(5-3-7)9-6-10/h2-5,8-11H,1H3;2-5H,1H3. The maximum atomic E-state index is 4.55. The Morgan fingerprint density at radius 3 is 1.25 bits per heavy atom. The molecule has 0 atom stereocenters. The summed E-state index contributed by atoms with van der Waals surface area (Å²) >= 11 is 9.00. The van der Waals surface area contributed by atoms with Crippen molar-refractivity contribution >= 4 is 46.1 Å². The lowest BCUT2D eigenvalue weighted by molar-refractivity contribution is 1.44. The number of hydrogen-bond acceptors (Lipinski definition) is 4. The molecule has 0 unspecified atom stereocenters. The van der Waals surface area contributed by atoms with Crippen molar-refractivity contribution in [3.63, 3.8) is 0 Å². The Hall–Kier alpha value is -3.18. The highest BCUT2D eigenvalue weighted by atomic mass is 32.1. The largest absolute Gasteiger partial charge is 0.195 e. The SMILES string of the molecule is Cc1ccc(C#Cc2ccc(N=C=S)cc2)cc1.Cc1ccc(N=C=S)cc1. The molecule has 0 aromatic heterocycles. The molecule has 4 heteroatoms. The first-order chi connectivity index (χ1) is 13.6. The van der Waals surface area contributed by atoms with Gasteiger partial charge in [-0.15, -0.1) is 0 Å². The number of benzene rings is 3. The van der Waals surface area contributed by atoms with Crippen LogP contribution in [0, 0.1) is 25.7 Å². The van der Waals surface area contributed by atoms with Gasteiger partial charge >= 0.3 is 0 Å². The van der Waals surface area contributed by atoms with Gasteiger partial charge in [0.05, 0.1) is 21.7 Å². The second-order valence-electron chi connectivity index (χ2n) is 5.90. The van der Waals surface area contributed by atoms with Crippen LogP contribution >= 0.6 is 24.4 Å². The van der Waals surface area contributed by atoms with Crippen molar-refractivity contribution in [1.29, 1.82) is 0 Å². The number of rotatable bonds is 2. The number of nitrogens with zero attached hydrogens (tertiary/aromatic N) is 2. The summed E-state index contributed by atoms with van der Waals surface area (Å²) in [6, 6.07) is 23.6. The summed E-state index contributed by atoms with van der Waals surface area (Å²) in [4.78, 5) is 7.70. The Kier molecular flexibility index (Phi) is 8.69. The molecule has 28 heavy (non-hydrogen) atoms. The predicted octanol–water partition coefficient (Wildman–Crippen LogP) is 6.86. The van der Waals surface area contributed by atoms with Gasteiger partial charge in [-0.2, -0.15) is 9.98 Å². The van der Waals surface area contributed by atoms with Crippen LogP contribution in [-0.2, 0) is 0 Å². The zero-order valence-corrected chi connectivity index (χ0v) is 17.3. The molecule has 136 valence electrons. The monoisotopic (exact) mass is 398 g/mol. The summed E-state index contributed by atoms with van der Waals surface area (Å²) in [7, 11) is 0. The lowest BCUT2D eigenvalue weighted by atomic mass is 10.1. The van der Waals surface area contributed by atoms with Crippen LogP contribution in [0.5, 0.6) is 0 Å². The first kappa shape index (κ1) is 21.1. The summed E-state index contributed by atoms with van der Waals surface area (Å²) in [5.74, 6) is 6.23. The average Bonchev–Trinajstić information content (AvgIpc) is 2.71. The van der Waals surface area contributed by atoms with E-state index in [9.17, 15) is 0 Å². The van der Waals surface area contributed by atoms with Gasteiger partial charge in [0.1, 0.15) is 0 Å². The van der Waals surface area contributed by atoms with E-state index in [4.69, 9.17) is 0 Å². The van der Waals surface area contributed by atoms with Gasteiger partial charge in [-0.25, -0.2) is 0 Å². The first-order valence-electron chi connectivity index (χ1n) is 8.52. The van der Waals surface area contributed by atoms with Gasteiger partial charge in [-0.05, 0) is 86.8 Å². The van der Waals surface area contributed by atoms with Crippen LogP contribution in [0.4, 0.5) is 11.4 Å². The molecule has 0 saturated heterocycles. The third-order valence-electron chi connectivity index (χ3n) is 3.65. The van der Waals surface area contributed by atoms with Crippen molar-refractivity contribution in [3.05, 3.63) is 95.1 Å². The maximum Gasteiger partial charge on any atom is 0.0740 e. The van der Waals surface area contributed by atoms with E-state index in [1.165, 1.54) is 11.1 Å². The molecule has 2 nitrogen and oxygen atoms in total. The Labute approximate surface area is 176 Å². The third-order valence-corrected chi connectivity index (χ3v) is 3.84. The van der Waals surface area contributed by atoms with Crippen molar-refractivity contribution in [2.75, 3.05) is 0 Å². The van der Waals surface area contributed by atoms with E-state index < -0.39 is 0 Å². The van der Waals surface area contributed by atoms with Crippen LogP contribution in [0.15, 0.2) is 82.8 Å². The maximum absolute atomic E-state index is 4.55. The fourth-order valence-electron chi connectivity index (χ4n) is 2.13. The van der Waals surface area contributed by atoms with Crippen LogP contribution in [0.3, 0.4) is 0 Å². The highest BCUT2D eigenvalue weighted by Crippen LogP contribution is 2.12. The minimum atomic E-state index is 0.797. The molecule has 3 aromatic rings. The topological polar surface area (TPSA) is 24.7 Å². The molecule has 0 spiro atoms. The van der Waals surface area contributed by atoms with Crippen molar-refractivity contribution in [3.8, 4) is 11.8 Å². The number of aryl methyl sites for hydroxylation is 2. The van der Waals surface area contributed by atoms with Crippen molar-refractivity contribution in [2.45, 2.75) is 13.8 Å². The summed E-state index contributed by atoms with van der Waals surface area (Å²) in [6.07, 6.45) is 0. The minimum absolute atomic E-state index is 0.797. The van der Waals surface area contributed by atoms with Gasteiger partial charge in [-0.3, -0.25) is 0 Å². The predicted molar refractivity (Wildman–Crippen MR) is 124 cm³/mol. The Balaban J connectivity index is 0.000000237. The lowest BCUT2D eigenvalue weighted by Crippen LogP contribution is -1.76. The minimum Gasteiger partial charge on any atom is -0.195 e. The fraction of sp³-hybridized carbons (Fsp3) is 0.0833. The zero-order chi connectivity index (χ0) is 20.2. The summed E-state index contributed by atoms with van der Waals surface area (Å²) in [5, 5.41) is 4.65. The van der Waals surface area contributed by atoms with Gasteiger partial charge in [0, 0.05) is 11.1 Å². The van der Waals surface area contributed by atoms with Crippen molar-refractivity contribution < 1.29 is 0 Å². The van der Waals surface area contributed by atoms with Gasteiger partial charge in [0.15, 0.2) is 0 Å². The van der Waals surface area contributed by atoms with Gasteiger partial charge in [0.25, 0.3) is 0 Å². The van der Waals surface area contributed by atoms with Gasteiger partial charge < -0.3 is 0 Å². The molecular weight excluding hydrogens is 380 g/mol. The van der Waals surface area contributed by atoms with E-state index in [-0.39, 0.29) is 0 Å². The van der Waals surface area contributed by atoms with E-state index in [2.05, 4.69) is 75.6 Å². The van der Waals surface area contributed by atoms with Crippen LogP contribution < -0.4 is 0 Å². The fourth-order valence-corrected chi connectivity index (χ4v) is 2.34. The van der Waals surface area contributed by atoms with Gasteiger partial charge in [0.2, 0.25) is 0 Å². The van der Waals surface area contributed by atoms with Crippen LogP contribution in [0.1, 0.15) is 22.3 Å². The molecule has 0 saturated carbocycles. The quantitative estimate of drug-likeness (QED) is 0.268. The molecule has 0 amide bonds. The molecule has 0 fully saturated rings.